The van der Waals surface area contributed by atoms with E-state index in [-0.39, 0.29) is 0 Å². The number of nitrogens with zero attached hydrogens (tertiary/aromatic N) is 1. The number of rotatable bonds is 4. The fourth-order valence-electron chi connectivity index (χ4n) is 3.09. The Morgan fingerprint density at radius 2 is 1.48 bits per heavy atom. The highest BCUT2D eigenvalue weighted by Crippen LogP contribution is 2.24. The van der Waals surface area contributed by atoms with Crippen molar-refractivity contribution < 1.29 is 0 Å². The third-order valence-corrected chi connectivity index (χ3v) is 5.15. The smallest absolute Gasteiger partial charge is 0.0175 e. The van der Waals surface area contributed by atoms with E-state index in [1.165, 1.54) is 54.6 Å². The Balaban J connectivity index is 1.67. The lowest BCUT2D eigenvalue weighted by Crippen LogP contribution is -2.29. The number of hydrogen-bond acceptors (Lipinski definition) is 1. The molecule has 1 fully saturated rings. The van der Waals surface area contributed by atoms with Crippen molar-refractivity contribution >= 4 is 21.5 Å². The summed E-state index contributed by atoms with van der Waals surface area (Å²) in [5, 5.41) is 0. The van der Waals surface area contributed by atoms with Crippen LogP contribution in [0.3, 0.4) is 0 Å². The van der Waals surface area contributed by atoms with E-state index in [4.69, 9.17) is 0 Å². The quantitative estimate of drug-likeness (QED) is 0.638. The number of allylic oxidation sites excluding steroid dienone is 1. The van der Waals surface area contributed by atoms with Crippen molar-refractivity contribution in [3.05, 3.63) is 64.6 Å². The first-order valence-electron chi connectivity index (χ1n) is 8.48. The molecule has 0 atom stereocenters. The van der Waals surface area contributed by atoms with Gasteiger partial charge in [-0.05, 0) is 67.3 Å². The summed E-state index contributed by atoms with van der Waals surface area (Å²) >= 11 is 3.49. The lowest BCUT2D eigenvalue weighted by Gasteiger charge is -2.25. The summed E-state index contributed by atoms with van der Waals surface area (Å²) < 4.78 is 1.12. The second kappa shape index (κ2) is 7.94. The number of piperidine rings is 1. The predicted molar refractivity (Wildman–Crippen MR) is 104 cm³/mol. The molecule has 1 aliphatic heterocycles. The van der Waals surface area contributed by atoms with Crippen LogP contribution in [0.4, 0.5) is 0 Å². The van der Waals surface area contributed by atoms with Crippen LogP contribution in [0.25, 0.3) is 16.7 Å². The Morgan fingerprint density at radius 3 is 2.09 bits per heavy atom. The molecule has 1 heterocycles. The molecule has 3 rings (SSSR count). The lowest BCUT2D eigenvalue weighted by atomic mass is 10.0. The molecule has 0 spiro atoms. The van der Waals surface area contributed by atoms with E-state index in [1.807, 2.05) is 0 Å². The Kier molecular flexibility index (Phi) is 5.69. The first kappa shape index (κ1) is 16.5. The van der Waals surface area contributed by atoms with Gasteiger partial charge in [0.25, 0.3) is 0 Å². The van der Waals surface area contributed by atoms with E-state index in [0.29, 0.717) is 0 Å². The molecule has 120 valence electrons. The van der Waals surface area contributed by atoms with Crippen molar-refractivity contribution in [2.75, 3.05) is 19.6 Å². The zero-order valence-corrected chi connectivity index (χ0v) is 15.3. The molecule has 0 amide bonds. The van der Waals surface area contributed by atoms with E-state index in [9.17, 15) is 0 Å². The van der Waals surface area contributed by atoms with Crippen LogP contribution in [-0.4, -0.2) is 24.5 Å². The van der Waals surface area contributed by atoms with Crippen LogP contribution in [-0.2, 0) is 0 Å². The maximum atomic E-state index is 3.49. The first-order valence-corrected chi connectivity index (χ1v) is 9.27. The lowest BCUT2D eigenvalue weighted by molar-refractivity contribution is 0.251. The van der Waals surface area contributed by atoms with E-state index < -0.39 is 0 Å². The Morgan fingerprint density at radius 1 is 0.913 bits per heavy atom. The maximum Gasteiger partial charge on any atom is 0.0175 e. The van der Waals surface area contributed by atoms with Crippen molar-refractivity contribution in [2.45, 2.75) is 26.2 Å². The van der Waals surface area contributed by atoms with Crippen LogP contribution >= 0.6 is 15.9 Å². The van der Waals surface area contributed by atoms with Gasteiger partial charge in [0.05, 0.1) is 0 Å². The molecule has 0 bridgehead atoms. The second-order valence-corrected chi connectivity index (χ2v) is 7.25. The van der Waals surface area contributed by atoms with E-state index in [0.717, 1.165) is 11.0 Å². The van der Waals surface area contributed by atoms with Gasteiger partial charge in [0.15, 0.2) is 0 Å². The standard InChI is InChI=1S/C21H24BrN/c1-17(13-16-23-14-3-2-4-15-23)18-5-7-19(8-6-18)20-9-11-21(22)12-10-20/h5-13H,2-4,14-16H2,1H3. The summed E-state index contributed by atoms with van der Waals surface area (Å²) in [6.07, 6.45) is 6.49. The molecule has 1 saturated heterocycles. The van der Waals surface area contributed by atoms with Gasteiger partial charge in [-0.1, -0.05) is 64.8 Å². The van der Waals surface area contributed by atoms with E-state index in [1.54, 1.807) is 0 Å². The van der Waals surface area contributed by atoms with Crippen LogP contribution in [0.15, 0.2) is 59.1 Å². The third-order valence-electron chi connectivity index (χ3n) is 4.62. The van der Waals surface area contributed by atoms with Crippen LogP contribution in [0, 0.1) is 0 Å². The van der Waals surface area contributed by atoms with Crippen molar-refractivity contribution in [1.29, 1.82) is 0 Å². The summed E-state index contributed by atoms with van der Waals surface area (Å²) in [4.78, 5) is 2.56. The van der Waals surface area contributed by atoms with Gasteiger partial charge in [-0.2, -0.15) is 0 Å². The van der Waals surface area contributed by atoms with Crippen molar-refractivity contribution in [3.63, 3.8) is 0 Å². The number of halogens is 1. The second-order valence-electron chi connectivity index (χ2n) is 6.33. The van der Waals surface area contributed by atoms with Crippen LogP contribution < -0.4 is 0 Å². The van der Waals surface area contributed by atoms with E-state index >= 15 is 0 Å². The highest BCUT2D eigenvalue weighted by molar-refractivity contribution is 9.10. The molecule has 1 aliphatic rings. The highest BCUT2D eigenvalue weighted by Gasteiger charge is 2.08. The Labute approximate surface area is 148 Å². The molecule has 0 saturated carbocycles. The number of hydrogen-bond donors (Lipinski definition) is 0. The van der Waals surface area contributed by atoms with Crippen LogP contribution in [0.2, 0.25) is 0 Å². The molecule has 23 heavy (non-hydrogen) atoms. The maximum absolute atomic E-state index is 3.49. The van der Waals surface area contributed by atoms with Crippen molar-refractivity contribution in [3.8, 4) is 11.1 Å². The highest BCUT2D eigenvalue weighted by atomic mass is 79.9. The average molecular weight is 370 g/mol. The summed E-state index contributed by atoms with van der Waals surface area (Å²) in [6.45, 7) is 5.82. The molecule has 0 aliphatic carbocycles. The van der Waals surface area contributed by atoms with Gasteiger partial charge in [0, 0.05) is 11.0 Å². The molecule has 2 heteroatoms. The SMILES string of the molecule is CC(=CCN1CCCCC1)c1ccc(-c2ccc(Br)cc2)cc1. The minimum atomic E-state index is 1.08. The zero-order valence-electron chi connectivity index (χ0n) is 13.8. The zero-order chi connectivity index (χ0) is 16.1. The van der Waals surface area contributed by atoms with Gasteiger partial charge in [0.2, 0.25) is 0 Å². The molecule has 1 nitrogen and oxygen atoms in total. The fourth-order valence-corrected chi connectivity index (χ4v) is 3.36. The van der Waals surface area contributed by atoms with Gasteiger partial charge in [-0.25, -0.2) is 0 Å². The van der Waals surface area contributed by atoms with Gasteiger partial charge in [-0.15, -0.1) is 0 Å². The van der Waals surface area contributed by atoms with Gasteiger partial charge < -0.3 is 0 Å². The molecule has 0 radical (unpaired) electrons. The molecule has 2 aromatic carbocycles. The summed E-state index contributed by atoms with van der Waals surface area (Å²) in [5.74, 6) is 0. The number of likely N-dealkylation sites (tertiary alicyclic amines) is 1. The van der Waals surface area contributed by atoms with Gasteiger partial charge in [0.1, 0.15) is 0 Å². The topological polar surface area (TPSA) is 3.24 Å². The normalized spacial score (nSPS) is 16.5. The van der Waals surface area contributed by atoms with Gasteiger partial charge in [-0.3, -0.25) is 4.90 Å². The van der Waals surface area contributed by atoms with E-state index in [2.05, 4.69) is 82.4 Å². The fraction of sp³-hybridized carbons (Fsp3) is 0.333. The molecule has 2 aromatic rings. The van der Waals surface area contributed by atoms with Crippen LogP contribution in [0.5, 0.6) is 0 Å². The van der Waals surface area contributed by atoms with Gasteiger partial charge >= 0.3 is 0 Å². The predicted octanol–water partition coefficient (Wildman–Crippen LogP) is 6.01. The molecule has 0 unspecified atom stereocenters. The summed E-state index contributed by atoms with van der Waals surface area (Å²) in [7, 11) is 0. The minimum Gasteiger partial charge on any atom is -0.300 e. The van der Waals surface area contributed by atoms with Crippen LogP contribution in [0.1, 0.15) is 31.7 Å². The molecular formula is C21H24BrN. The molecular weight excluding hydrogens is 346 g/mol. The largest absolute Gasteiger partial charge is 0.300 e. The monoisotopic (exact) mass is 369 g/mol. The van der Waals surface area contributed by atoms with Crippen molar-refractivity contribution in [2.24, 2.45) is 0 Å². The molecule has 0 aromatic heterocycles. The average Bonchev–Trinajstić information content (AvgIpc) is 2.61. The Hall–Kier alpha value is -1.38. The summed E-state index contributed by atoms with van der Waals surface area (Å²) in [6, 6.07) is 17.4. The first-order chi connectivity index (χ1) is 11.2. The molecule has 0 N–H and O–H groups in total. The number of benzene rings is 2. The summed E-state index contributed by atoms with van der Waals surface area (Å²) in [5.41, 5.74) is 5.22. The van der Waals surface area contributed by atoms with Crippen molar-refractivity contribution in [1.82, 2.24) is 4.90 Å². The third kappa shape index (κ3) is 4.55. The Bertz CT molecular complexity index is 649. The minimum absolute atomic E-state index is 1.08.